The zero-order chi connectivity index (χ0) is 27.6. The molecule has 3 aromatic rings. The second kappa shape index (κ2) is 13.9. The predicted octanol–water partition coefficient (Wildman–Crippen LogP) is 4.40. The lowest BCUT2D eigenvalue weighted by molar-refractivity contribution is -0.132. The number of nitrogens with zero attached hydrogens (tertiary/aromatic N) is 3. The summed E-state index contributed by atoms with van der Waals surface area (Å²) in [6, 6.07) is 12.8. The van der Waals surface area contributed by atoms with Gasteiger partial charge in [-0.25, -0.2) is 0 Å². The van der Waals surface area contributed by atoms with E-state index in [-0.39, 0.29) is 24.1 Å². The van der Waals surface area contributed by atoms with E-state index in [1.165, 1.54) is 12.7 Å². The molecule has 4 rings (SSSR count). The van der Waals surface area contributed by atoms with Gasteiger partial charge in [0, 0.05) is 19.6 Å². The van der Waals surface area contributed by atoms with E-state index < -0.39 is 0 Å². The van der Waals surface area contributed by atoms with Crippen molar-refractivity contribution in [2.45, 2.75) is 39.2 Å². The molecule has 1 aromatic carbocycles. The maximum absolute atomic E-state index is 13.7. The molecule has 210 valence electrons. The van der Waals surface area contributed by atoms with Gasteiger partial charge in [-0.15, -0.1) is 0 Å². The first-order valence-electron chi connectivity index (χ1n) is 13.6. The number of methoxy groups -OCH3 is 2. The van der Waals surface area contributed by atoms with Crippen molar-refractivity contribution in [3.8, 4) is 11.5 Å². The molecule has 1 aliphatic heterocycles. The Balaban J connectivity index is 1.49. The molecule has 2 amide bonds. The minimum Gasteiger partial charge on any atom is -0.493 e. The van der Waals surface area contributed by atoms with Gasteiger partial charge in [-0.05, 0) is 81.2 Å². The maximum Gasteiger partial charge on any atom is 0.290 e. The number of aryl methyl sites for hydroxylation is 1. The molecule has 0 saturated carbocycles. The number of hydrogen-bond donors (Lipinski definition) is 0. The lowest BCUT2D eigenvalue weighted by atomic mass is 10.1. The van der Waals surface area contributed by atoms with Crippen molar-refractivity contribution in [2.24, 2.45) is 0 Å². The van der Waals surface area contributed by atoms with Crippen LogP contribution in [0, 0.1) is 6.92 Å². The normalized spacial score (nSPS) is 13.7. The summed E-state index contributed by atoms with van der Waals surface area (Å²) < 4.78 is 22.0. The number of amides is 2. The minimum atomic E-state index is -0.279. The molecular weight excluding hydrogens is 498 g/mol. The van der Waals surface area contributed by atoms with Gasteiger partial charge in [-0.3, -0.25) is 9.59 Å². The summed E-state index contributed by atoms with van der Waals surface area (Å²) in [4.78, 5) is 32.8. The number of furan rings is 2. The van der Waals surface area contributed by atoms with Crippen LogP contribution in [-0.2, 0) is 17.8 Å². The molecule has 1 aliphatic rings. The monoisotopic (exact) mass is 537 g/mol. The predicted molar refractivity (Wildman–Crippen MR) is 147 cm³/mol. The lowest BCUT2D eigenvalue weighted by Gasteiger charge is -2.31. The maximum atomic E-state index is 13.7. The van der Waals surface area contributed by atoms with E-state index in [0.717, 1.165) is 43.8 Å². The molecule has 9 heteroatoms. The molecule has 1 saturated heterocycles. The molecule has 0 unspecified atom stereocenters. The van der Waals surface area contributed by atoms with Gasteiger partial charge in [-0.1, -0.05) is 12.5 Å². The number of ether oxygens (including phenoxy) is 2. The summed E-state index contributed by atoms with van der Waals surface area (Å²) >= 11 is 0. The third-order valence-corrected chi connectivity index (χ3v) is 7.09. The molecule has 9 nitrogen and oxygen atoms in total. The van der Waals surface area contributed by atoms with Gasteiger partial charge in [0.1, 0.15) is 18.1 Å². The van der Waals surface area contributed by atoms with Crippen LogP contribution in [0.2, 0.25) is 0 Å². The van der Waals surface area contributed by atoms with Gasteiger partial charge in [-0.2, -0.15) is 0 Å². The first-order chi connectivity index (χ1) is 19.0. The first kappa shape index (κ1) is 28.3. The number of benzene rings is 1. The number of carbonyl (C=O) groups is 2. The third kappa shape index (κ3) is 7.89. The van der Waals surface area contributed by atoms with Gasteiger partial charge in [0.15, 0.2) is 17.3 Å². The summed E-state index contributed by atoms with van der Waals surface area (Å²) in [7, 11) is 3.20. The van der Waals surface area contributed by atoms with Crippen molar-refractivity contribution < 1.29 is 27.9 Å². The standard InChI is InChI=1S/C30H39N3O6/c1-23-9-11-25(39-23)21-32(16-13-24-10-12-26(36-2)28(20-24)37-3)29(34)22-33(30(35)27-8-7-19-38-27)18-17-31-14-5-4-6-15-31/h7-12,19-20H,4-6,13-18,21-22H2,1-3H3. The van der Waals surface area contributed by atoms with Crippen LogP contribution in [0.3, 0.4) is 0 Å². The zero-order valence-corrected chi connectivity index (χ0v) is 23.2. The molecule has 2 aromatic heterocycles. The van der Waals surface area contributed by atoms with Crippen molar-refractivity contribution in [2.75, 3.05) is 53.5 Å². The largest absolute Gasteiger partial charge is 0.493 e. The summed E-state index contributed by atoms with van der Waals surface area (Å²) in [6.07, 6.45) is 5.65. The van der Waals surface area contributed by atoms with Gasteiger partial charge in [0.2, 0.25) is 5.91 Å². The highest BCUT2D eigenvalue weighted by Crippen LogP contribution is 2.28. The Morgan fingerprint density at radius 3 is 2.41 bits per heavy atom. The summed E-state index contributed by atoms with van der Waals surface area (Å²) in [6.45, 7) is 5.82. The van der Waals surface area contributed by atoms with Crippen molar-refractivity contribution in [1.29, 1.82) is 0 Å². The second-order valence-corrected chi connectivity index (χ2v) is 9.87. The van der Waals surface area contributed by atoms with Gasteiger partial charge < -0.3 is 33.0 Å². The number of rotatable bonds is 13. The van der Waals surface area contributed by atoms with Crippen molar-refractivity contribution in [3.05, 3.63) is 71.6 Å². The fraction of sp³-hybridized carbons (Fsp3) is 0.467. The molecule has 0 N–H and O–H groups in total. The van der Waals surface area contributed by atoms with Crippen LogP contribution in [0.25, 0.3) is 0 Å². The van der Waals surface area contributed by atoms with Crippen molar-refractivity contribution >= 4 is 11.8 Å². The van der Waals surface area contributed by atoms with Gasteiger partial charge in [0.05, 0.1) is 27.0 Å². The van der Waals surface area contributed by atoms with E-state index in [2.05, 4.69) is 4.90 Å². The smallest absolute Gasteiger partial charge is 0.290 e. The van der Waals surface area contributed by atoms with E-state index in [1.807, 2.05) is 37.3 Å². The van der Waals surface area contributed by atoms with Crippen LogP contribution < -0.4 is 9.47 Å². The summed E-state index contributed by atoms with van der Waals surface area (Å²) in [5.41, 5.74) is 1.01. The minimum absolute atomic E-state index is 0.0427. The van der Waals surface area contributed by atoms with E-state index in [4.69, 9.17) is 18.3 Å². The molecule has 0 radical (unpaired) electrons. The lowest BCUT2D eigenvalue weighted by Crippen LogP contribution is -2.46. The average Bonchev–Trinajstić information content (AvgIpc) is 3.65. The highest BCUT2D eigenvalue weighted by molar-refractivity contribution is 5.94. The molecular formula is C30H39N3O6. The molecule has 0 spiro atoms. The zero-order valence-electron chi connectivity index (χ0n) is 23.2. The Hall–Kier alpha value is -3.72. The number of hydrogen-bond acceptors (Lipinski definition) is 7. The Labute approximate surface area is 230 Å². The summed E-state index contributed by atoms with van der Waals surface area (Å²) in [5, 5.41) is 0. The van der Waals surface area contributed by atoms with Crippen LogP contribution in [0.1, 0.15) is 46.9 Å². The van der Waals surface area contributed by atoms with Crippen LogP contribution in [0.15, 0.2) is 57.6 Å². The molecule has 0 aliphatic carbocycles. The molecule has 3 heterocycles. The van der Waals surface area contributed by atoms with Crippen molar-refractivity contribution in [1.82, 2.24) is 14.7 Å². The van der Waals surface area contributed by atoms with Gasteiger partial charge in [0.25, 0.3) is 5.91 Å². The Bertz CT molecular complexity index is 1200. The Morgan fingerprint density at radius 2 is 1.74 bits per heavy atom. The van der Waals surface area contributed by atoms with Crippen molar-refractivity contribution in [3.63, 3.8) is 0 Å². The Morgan fingerprint density at radius 1 is 0.949 bits per heavy atom. The quantitative estimate of drug-likeness (QED) is 0.319. The fourth-order valence-corrected chi connectivity index (χ4v) is 4.87. The van der Waals surface area contributed by atoms with Crippen LogP contribution in [0.4, 0.5) is 0 Å². The molecule has 0 bridgehead atoms. The molecule has 1 fully saturated rings. The highest BCUT2D eigenvalue weighted by Gasteiger charge is 2.25. The second-order valence-electron chi connectivity index (χ2n) is 9.87. The first-order valence-corrected chi connectivity index (χ1v) is 13.6. The molecule has 0 atom stereocenters. The Kier molecular flexibility index (Phi) is 10.1. The number of likely N-dealkylation sites (tertiary alicyclic amines) is 1. The van der Waals surface area contributed by atoms with Crippen LogP contribution in [0.5, 0.6) is 11.5 Å². The topological polar surface area (TPSA) is 88.6 Å². The number of carbonyl (C=O) groups excluding carboxylic acids is 2. The third-order valence-electron chi connectivity index (χ3n) is 7.09. The summed E-state index contributed by atoms with van der Waals surface area (Å²) in [5.74, 6) is 2.59. The SMILES string of the molecule is COc1ccc(CCN(Cc2ccc(C)o2)C(=O)CN(CCN2CCCCC2)C(=O)c2ccco2)cc1OC. The van der Waals surface area contributed by atoms with Gasteiger partial charge >= 0.3 is 0 Å². The van der Waals surface area contributed by atoms with Crippen LogP contribution in [-0.4, -0.2) is 80.0 Å². The number of piperidine rings is 1. The van der Waals surface area contributed by atoms with E-state index in [0.29, 0.717) is 43.3 Å². The highest BCUT2D eigenvalue weighted by atomic mass is 16.5. The fourth-order valence-electron chi connectivity index (χ4n) is 4.87. The van der Waals surface area contributed by atoms with Crippen LogP contribution >= 0.6 is 0 Å². The van der Waals surface area contributed by atoms with E-state index >= 15 is 0 Å². The van der Waals surface area contributed by atoms with E-state index in [9.17, 15) is 9.59 Å². The van der Waals surface area contributed by atoms with E-state index in [1.54, 1.807) is 36.2 Å². The average molecular weight is 538 g/mol. The molecule has 39 heavy (non-hydrogen) atoms.